The van der Waals surface area contributed by atoms with Crippen LogP contribution in [-0.2, 0) is 16.1 Å². The summed E-state index contributed by atoms with van der Waals surface area (Å²) in [6.45, 7) is 5.79. The maximum Gasteiger partial charge on any atom is 0.241 e. The third-order valence-corrected chi connectivity index (χ3v) is 6.07. The molecule has 2 saturated heterocycles. The molecule has 3 rings (SSSR count). The molecule has 3 heterocycles. The van der Waals surface area contributed by atoms with Crippen molar-refractivity contribution in [2.45, 2.75) is 19.9 Å². The van der Waals surface area contributed by atoms with Crippen LogP contribution in [0.4, 0.5) is 0 Å². The van der Waals surface area contributed by atoms with Crippen molar-refractivity contribution in [2.75, 3.05) is 40.3 Å². The summed E-state index contributed by atoms with van der Waals surface area (Å²) < 4.78 is 0. The lowest BCUT2D eigenvalue weighted by atomic mass is 9.78. The Kier molecular flexibility index (Phi) is 4.47. The minimum Gasteiger partial charge on any atom is -0.347 e. The normalized spacial score (nSPS) is 28.0. The molecule has 0 bridgehead atoms. The third kappa shape index (κ3) is 3.02. The number of hydrogen-bond acceptors (Lipinski definition) is 4. The van der Waals surface area contributed by atoms with E-state index in [9.17, 15) is 9.59 Å². The van der Waals surface area contributed by atoms with E-state index < -0.39 is 0 Å². The zero-order chi connectivity index (χ0) is 16.6. The average molecular weight is 335 g/mol. The van der Waals surface area contributed by atoms with Gasteiger partial charge in [-0.15, -0.1) is 0 Å². The minimum absolute atomic E-state index is 0.00354. The summed E-state index contributed by atoms with van der Waals surface area (Å²) in [7, 11) is 3.47. The van der Waals surface area contributed by atoms with Crippen molar-refractivity contribution in [2.24, 2.45) is 11.3 Å². The predicted octanol–water partition coefficient (Wildman–Crippen LogP) is 1.51. The van der Waals surface area contributed by atoms with Gasteiger partial charge in [0.1, 0.15) is 0 Å². The molecule has 1 aromatic heterocycles. The monoisotopic (exact) mass is 335 g/mol. The van der Waals surface area contributed by atoms with Crippen molar-refractivity contribution in [3.8, 4) is 0 Å². The molecule has 2 atom stereocenters. The number of nitrogens with zero attached hydrogens (tertiary/aromatic N) is 3. The van der Waals surface area contributed by atoms with Gasteiger partial charge in [-0.3, -0.25) is 14.5 Å². The second kappa shape index (κ2) is 6.24. The quantitative estimate of drug-likeness (QED) is 0.838. The highest BCUT2D eigenvalue weighted by molar-refractivity contribution is 7.07. The lowest BCUT2D eigenvalue weighted by molar-refractivity contribution is -0.142. The van der Waals surface area contributed by atoms with Crippen LogP contribution in [0.25, 0.3) is 0 Å². The largest absolute Gasteiger partial charge is 0.347 e. The number of carbonyl (C=O) groups is 2. The van der Waals surface area contributed by atoms with Gasteiger partial charge in [0.25, 0.3) is 0 Å². The Hall–Kier alpha value is -1.40. The first-order chi connectivity index (χ1) is 10.9. The van der Waals surface area contributed by atoms with Crippen molar-refractivity contribution < 1.29 is 9.59 Å². The van der Waals surface area contributed by atoms with Gasteiger partial charge in [0.2, 0.25) is 11.8 Å². The molecule has 0 aromatic carbocycles. The fourth-order valence-corrected chi connectivity index (χ4v) is 4.52. The van der Waals surface area contributed by atoms with Gasteiger partial charge in [0, 0.05) is 40.3 Å². The maximum absolute atomic E-state index is 13.0. The van der Waals surface area contributed by atoms with Crippen LogP contribution in [-0.4, -0.2) is 66.8 Å². The Morgan fingerprint density at radius 1 is 1.48 bits per heavy atom. The zero-order valence-corrected chi connectivity index (χ0v) is 14.9. The summed E-state index contributed by atoms with van der Waals surface area (Å²) >= 11 is 1.71. The molecule has 0 N–H and O–H groups in total. The smallest absolute Gasteiger partial charge is 0.241 e. The second-order valence-electron chi connectivity index (χ2n) is 7.12. The third-order valence-electron chi connectivity index (χ3n) is 5.33. The Balaban J connectivity index is 1.67. The van der Waals surface area contributed by atoms with Gasteiger partial charge < -0.3 is 9.80 Å². The summed E-state index contributed by atoms with van der Waals surface area (Å²) in [4.78, 5) is 30.6. The average Bonchev–Trinajstić information content (AvgIpc) is 3.18. The van der Waals surface area contributed by atoms with E-state index in [2.05, 4.69) is 28.7 Å². The van der Waals surface area contributed by atoms with E-state index in [0.717, 1.165) is 26.1 Å². The van der Waals surface area contributed by atoms with Crippen LogP contribution < -0.4 is 0 Å². The molecule has 2 aliphatic rings. The Labute approximate surface area is 141 Å². The molecule has 5 nitrogen and oxygen atoms in total. The SMILES string of the molecule is C[C@H]1CN(Cc2ccsc2)CC12CCN(CC(=O)N(C)C)C2=O. The van der Waals surface area contributed by atoms with Crippen LogP contribution in [0.1, 0.15) is 18.9 Å². The number of amides is 2. The van der Waals surface area contributed by atoms with Crippen LogP contribution in [0.3, 0.4) is 0 Å². The van der Waals surface area contributed by atoms with E-state index in [-0.39, 0.29) is 23.8 Å². The second-order valence-corrected chi connectivity index (χ2v) is 7.90. The van der Waals surface area contributed by atoms with Crippen molar-refractivity contribution >= 4 is 23.2 Å². The van der Waals surface area contributed by atoms with Crippen molar-refractivity contribution in [3.05, 3.63) is 22.4 Å². The van der Waals surface area contributed by atoms with Crippen LogP contribution in [0.15, 0.2) is 16.8 Å². The van der Waals surface area contributed by atoms with Crippen LogP contribution >= 0.6 is 11.3 Å². The highest BCUT2D eigenvalue weighted by atomic mass is 32.1. The molecular formula is C17H25N3O2S. The summed E-state index contributed by atoms with van der Waals surface area (Å²) in [5.41, 5.74) is 1.03. The molecule has 126 valence electrons. The van der Waals surface area contributed by atoms with Crippen molar-refractivity contribution in [1.29, 1.82) is 0 Å². The first-order valence-corrected chi connectivity index (χ1v) is 9.09. The molecule has 0 saturated carbocycles. The van der Waals surface area contributed by atoms with Gasteiger partial charge in [0.15, 0.2) is 0 Å². The molecule has 1 spiro atoms. The number of rotatable bonds is 4. The first-order valence-electron chi connectivity index (χ1n) is 8.15. The molecule has 0 aliphatic carbocycles. The fraction of sp³-hybridized carbons (Fsp3) is 0.647. The molecule has 6 heteroatoms. The summed E-state index contributed by atoms with van der Waals surface area (Å²) in [5, 5.41) is 4.27. The Morgan fingerprint density at radius 3 is 2.91 bits per heavy atom. The van der Waals surface area contributed by atoms with E-state index in [1.54, 1.807) is 35.2 Å². The van der Waals surface area contributed by atoms with E-state index in [4.69, 9.17) is 0 Å². The molecule has 1 unspecified atom stereocenters. The highest BCUT2D eigenvalue weighted by Gasteiger charge is 2.55. The Morgan fingerprint density at radius 2 is 2.26 bits per heavy atom. The van der Waals surface area contributed by atoms with Crippen LogP contribution in [0.2, 0.25) is 0 Å². The molecule has 0 radical (unpaired) electrons. The molecule has 2 aliphatic heterocycles. The van der Waals surface area contributed by atoms with E-state index in [0.29, 0.717) is 12.5 Å². The van der Waals surface area contributed by atoms with Crippen molar-refractivity contribution in [1.82, 2.24) is 14.7 Å². The van der Waals surface area contributed by atoms with Crippen LogP contribution in [0, 0.1) is 11.3 Å². The Bertz CT molecular complexity index is 587. The zero-order valence-electron chi connectivity index (χ0n) is 14.1. The number of likely N-dealkylation sites (tertiary alicyclic amines) is 2. The lowest BCUT2D eigenvalue weighted by Crippen LogP contribution is -2.43. The van der Waals surface area contributed by atoms with Gasteiger partial charge in [-0.25, -0.2) is 0 Å². The number of carbonyl (C=O) groups excluding carboxylic acids is 2. The summed E-state index contributed by atoms with van der Waals surface area (Å²) in [6.07, 6.45) is 0.869. The van der Waals surface area contributed by atoms with Gasteiger partial charge in [-0.2, -0.15) is 11.3 Å². The fourth-order valence-electron chi connectivity index (χ4n) is 3.86. The van der Waals surface area contributed by atoms with Gasteiger partial charge in [-0.05, 0) is 34.7 Å². The summed E-state index contributed by atoms with van der Waals surface area (Å²) in [5.74, 6) is 0.511. The number of likely N-dealkylation sites (N-methyl/N-ethyl adjacent to an activating group) is 1. The van der Waals surface area contributed by atoms with Gasteiger partial charge >= 0.3 is 0 Å². The predicted molar refractivity (Wildman–Crippen MR) is 91.1 cm³/mol. The molecule has 2 fully saturated rings. The molecule has 1 aromatic rings. The molecule has 23 heavy (non-hydrogen) atoms. The number of hydrogen-bond donors (Lipinski definition) is 0. The summed E-state index contributed by atoms with van der Waals surface area (Å²) in [6, 6.07) is 2.15. The van der Waals surface area contributed by atoms with E-state index in [1.807, 2.05) is 0 Å². The van der Waals surface area contributed by atoms with Crippen molar-refractivity contribution in [3.63, 3.8) is 0 Å². The highest BCUT2D eigenvalue weighted by Crippen LogP contribution is 2.45. The topological polar surface area (TPSA) is 43.9 Å². The van der Waals surface area contributed by atoms with Crippen LogP contribution in [0.5, 0.6) is 0 Å². The minimum atomic E-state index is -0.289. The van der Waals surface area contributed by atoms with E-state index in [1.165, 1.54) is 5.56 Å². The van der Waals surface area contributed by atoms with E-state index >= 15 is 0 Å². The standard InChI is InChI=1S/C17H25N3O2S/c1-13-8-19(9-14-4-7-23-11-14)12-17(13)5-6-20(16(17)22)10-15(21)18(2)3/h4,7,11,13H,5-6,8-10,12H2,1-3H3/t13-,17?/m0/s1. The number of thiophene rings is 1. The molecular weight excluding hydrogens is 310 g/mol. The lowest BCUT2D eigenvalue weighted by Gasteiger charge is -2.27. The van der Waals surface area contributed by atoms with Gasteiger partial charge in [-0.1, -0.05) is 6.92 Å². The maximum atomic E-state index is 13.0. The first kappa shape index (κ1) is 16.5. The molecule has 2 amide bonds. The van der Waals surface area contributed by atoms with Gasteiger partial charge in [0.05, 0.1) is 12.0 Å².